The summed E-state index contributed by atoms with van der Waals surface area (Å²) in [5.41, 5.74) is 2.34. The first-order valence-electron chi connectivity index (χ1n) is 9.68. The fraction of sp³-hybridized carbons (Fsp3) is 0.333. The summed E-state index contributed by atoms with van der Waals surface area (Å²) in [6.45, 7) is 5.45. The van der Waals surface area contributed by atoms with Gasteiger partial charge in [0.05, 0.1) is 0 Å². The number of rotatable bonds is 3. The number of hydrogen-bond donors (Lipinski definition) is 0. The Kier molecular flexibility index (Phi) is 4.47. The summed E-state index contributed by atoms with van der Waals surface area (Å²) in [5.74, 6) is -0.261. The minimum atomic E-state index is -0.933. The molecular formula is C24H24O3. The third kappa shape index (κ3) is 2.73. The maximum absolute atomic E-state index is 13.1. The van der Waals surface area contributed by atoms with Crippen molar-refractivity contribution in [3.05, 3.63) is 82.9 Å². The van der Waals surface area contributed by atoms with Gasteiger partial charge in [0, 0.05) is 33.7 Å². The average molecular weight is 360 g/mol. The molecule has 0 atom stereocenters. The molecule has 27 heavy (non-hydrogen) atoms. The van der Waals surface area contributed by atoms with Gasteiger partial charge in [0.15, 0.2) is 11.4 Å². The molecule has 0 bridgehead atoms. The first-order valence-corrected chi connectivity index (χ1v) is 9.68. The van der Waals surface area contributed by atoms with Crippen molar-refractivity contribution < 1.29 is 14.3 Å². The molecule has 2 aromatic rings. The number of ketones is 1. The van der Waals surface area contributed by atoms with E-state index in [1.54, 1.807) is 6.92 Å². The van der Waals surface area contributed by atoms with Gasteiger partial charge in [-0.3, -0.25) is 4.79 Å². The second kappa shape index (κ2) is 6.80. The molecule has 138 valence electrons. The van der Waals surface area contributed by atoms with Gasteiger partial charge in [-0.25, -0.2) is 4.79 Å². The highest BCUT2D eigenvalue weighted by atomic mass is 16.6. The number of carbonyl (C=O) groups is 2. The Morgan fingerprint density at radius 1 is 0.963 bits per heavy atom. The molecule has 2 aromatic carbocycles. The third-order valence-electron chi connectivity index (χ3n) is 5.93. The van der Waals surface area contributed by atoms with Crippen LogP contribution in [0.5, 0.6) is 0 Å². The first-order chi connectivity index (χ1) is 13.1. The fourth-order valence-electron chi connectivity index (χ4n) is 4.68. The van der Waals surface area contributed by atoms with Crippen LogP contribution in [0.25, 0.3) is 0 Å². The smallest absolute Gasteiger partial charge is 0.334 e. The van der Waals surface area contributed by atoms with Crippen molar-refractivity contribution in [1.82, 2.24) is 0 Å². The summed E-state index contributed by atoms with van der Waals surface area (Å²) >= 11 is 0. The number of carbonyl (C=O) groups excluding carboxylic acids is 2. The van der Waals surface area contributed by atoms with Gasteiger partial charge in [-0.15, -0.1) is 0 Å². The van der Waals surface area contributed by atoms with Gasteiger partial charge in [0.1, 0.15) is 0 Å². The number of fused-ring (bicyclic) bond motifs is 2. The minimum Gasteiger partial charge on any atom is -0.446 e. The Labute approximate surface area is 160 Å². The number of esters is 1. The number of ether oxygens (including phenoxy) is 1. The van der Waals surface area contributed by atoms with E-state index < -0.39 is 11.6 Å². The minimum absolute atomic E-state index is 0.000918. The molecule has 0 aliphatic heterocycles. The Balaban J connectivity index is 2.01. The molecule has 0 aromatic heterocycles. The van der Waals surface area contributed by atoms with E-state index in [-0.39, 0.29) is 11.7 Å². The molecule has 1 saturated carbocycles. The van der Waals surface area contributed by atoms with Crippen LogP contribution in [0.15, 0.2) is 60.7 Å². The number of hydrogen-bond acceptors (Lipinski definition) is 3. The van der Waals surface area contributed by atoms with Crippen molar-refractivity contribution in [3.8, 4) is 0 Å². The summed E-state index contributed by atoms with van der Waals surface area (Å²) in [5, 5.41) is 0. The second-order valence-electron chi connectivity index (χ2n) is 7.66. The fourth-order valence-corrected chi connectivity index (χ4v) is 4.68. The maximum atomic E-state index is 13.1. The highest BCUT2D eigenvalue weighted by molar-refractivity contribution is 6.13. The van der Waals surface area contributed by atoms with E-state index in [9.17, 15) is 9.59 Å². The Morgan fingerprint density at radius 2 is 1.48 bits per heavy atom. The average Bonchev–Trinajstić information content (AvgIpc) is 2.71. The highest BCUT2D eigenvalue weighted by Crippen LogP contribution is 2.51. The summed E-state index contributed by atoms with van der Waals surface area (Å²) in [4.78, 5) is 25.9. The predicted molar refractivity (Wildman–Crippen MR) is 105 cm³/mol. The maximum Gasteiger partial charge on any atom is 0.334 e. The van der Waals surface area contributed by atoms with Crippen LogP contribution in [-0.4, -0.2) is 11.8 Å². The zero-order chi connectivity index (χ0) is 19.0. The van der Waals surface area contributed by atoms with Crippen molar-refractivity contribution in [2.24, 2.45) is 5.92 Å². The molecule has 0 spiro atoms. The van der Waals surface area contributed by atoms with Gasteiger partial charge in [-0.2, -0.15) is 0 Å². The largest absolute Gasteiger partial charge is 0.446 e. The van der Waals surface area contributed by atoms with E-state index >= 15 is 0 Å². The van der Waals surface area contributed by atoms with E-state index in [2.05, 4.69) is 6.58 Å². The Hall–Kier alpha value is -2.68. The van der Waals surface area contributed by atoms with E-state index in [4.69, 9.17) is 4.74 Å². The lowest BCUT2D eigenvalue weighted by molar-refractivity contribution is -0.159. The summed E-state index contributed by atoms with van der Waals surface area (Å²) < 4.78 is 6.29. The highest BCUT2D eigenvalue weighted by Gasteiger charge is 2.51. The first kappa shape index (κ1) is 17.7. The van der Waals surface area contributed by atoms with E-state index in [1.165, 1.54) is 6.42 Å². The molecule has 1 fully saturated rings. The van der Waals surface area contributed by atoms with Gasteiger partial charge in [-0.1, -0.05) is 74.4 Å². The molecule has 0 radical (unpaired) electrons. The second-order valence-corrected chi connectivity index (χ2v) is 7.66. The monoisotopic (exact) mass is 360 g/mol. The molecule has 3 heteroatoms. The molecule has 2 aliphatic carbocycles. The van der Waals surface area contributed by atoms with Crippen LogP contribution in [0, 0.1) is 5.92 Å². The van der Waals surface area contributed by atoms with Crippen molar-refractivity contribution >= 4 is 11.8 Å². The van der Waals surface area contributed by atoms with Crippen LogP contribution in [0.1, 0.15) is 66.1 Å². The third-order valence-corrected chi connectivity index (χ3v) is 5.93. The lowest BCUT2D eigenvalue weighted by atomic mass is 9.64. The van der Waals surface area contributed by atoms with Gasteiger partial charge in [0.2, 0.25) is 0 Å². The van der Waals surface area contributed by atoms with E-state index in [1.807, 2.05) is 48.5 Å². The zero-order valence-electron chi connectivity index (χ0n) is 15.7. The molecule has 3 nitrogen and oxygen atoms in total. The molecule has 2 aliphatic rings. The summed E-state index contributed by atoms with van der Waals surface area (Å²) in [7, 11) is 0. The molecule has 0 N–H and O–H groups in total. The molecular weight excluding hydrogens is 336 g/mol. The Morgan fingerprint density at radius 3 is 2.00 bits per heavy atom. The van der Waals surface area contributed by atoms with E-state index in [0.29, 0.717) is 16.7 Å². The van der Waals surface area contributed by atoms with Crippen LogP contribution in [-0.2, 0) is 15.1 Å². The topological polar surface area (TPSA) is 43.4 Å². The van der Waals surface area contributed by atoms with Crippen LogP contribution < -0.4 is 0 Å². The summed E-state index contributed by atoms with van der Waals surface area (Å²) in [6.07, 6.45) is 5.36. The SMILES string of the molecule is C=C(C)C(=O)OC1(C2CCCCC2)c2ccccc2C(=O)c2ccccc21. The zero-order valence-corrected chi connectivity index (χ0v) is 15.7. The standard InChI is InChI=1S/C24H24O3/c1-16(2)23(26)27-24(17-10-4-3-5-11-17)20-14-8-6-12-18(20)22(25)19-13-7-9-15-21(19)24/h6-9,12-15,17H,1,3-5,10-11H2,2H3. The van der Waals surface area contributed by atoms with Crippen molar-refractivity contribution in [2.45, 2.75) is 44.6 Å². The van der Waals surface area contributed by atoms with Gasteiger partial charge in [0.25, 0.3) is 0 Å². The van der Waals surface area contributed by atoms with Crippen LogP contribution >= 0.6 is 0 Å². The van der Waals surface area contributed by atoms with Crippen molar-refractivity contribution in [1.29, 1.82) is 0 Å². The molecule has 0 heterocycles. The van der Waals surface area contributed by atoms with Gasteiger partial charge in [-0.05, 0) is 19.8 Å². The quantitative estimate of drug-likeness (QED) is 0.560. The number of benzene rings is 2. The Bertz CT molecular complexity index is 869. The molecule has 0 unspecified atom stereocenters. The van der Waals surface area contributed by atoms with Crippen LogP contribution in [0.3, 0.4) is 0 Å². The molecule has 0 saturated heterocycles. The van der Waals surface area contributed by atoms with Gasteiger partial charge >= 0.3 is 5.97 Å². The predicted octanol–water partition coefficient (Wildman–Crippen LogP) is 5.17. The van der Waals surface area contributed by atoms with Crippen molar-refractivity contribution in [2.75, 3.05) is 0 Å². The van der Waals surface area contributed by atoms with E-state index in [0.717, 1.165) is 36.8 Å². The summed E-state index contributed by atoms with van der Waals surface area (Å²) in [6, 6.07) is 15.2. The van der Waals surface area contributed by atoms with Crippen LogP contribution in [0.2, 0.25) is 0 Å². The molecule has 0 amide bonds. The molecule has 4 rings (SSSR count). The normalized spacial score (nSPS) is 18.3. The van der Waals surface area contributed by atoms with Crippen LogP contribution in [0.4, 0.5) is 0 Å². The van der Waals surface area contributed by atoms with Gasteiger partial charge < -0.3 is 4.74 Å². The lowest BCUT2D eigenvalue weighted by Gasteiger charge is -2.46. The lowest BCUT2D eigenvalue weighted by Crippen LogP contribution is -2.46. The van der Waals surface area contributed by atoms with Crippen molar-refractivity contribution in [3.63, 3.8) is 0 Å².